The lowest BCUT2D eigenvalue weighted by Crippen LogP contribution is -2.53. The standard InChI is InChI=1S/C26H25Cl2N7O3/c27-19-3-1-4-20(28)22(19)35-21-5-2-10-34(21)23-18(24(35)36)15-29-25(31-23)30-16-6-8-17(9-7-16)32-11-13-33(14-12-32)26(37)38/h1,3-4,6-9,15,21H,2,5,10-14H2,(H,37,38)(H,29,30,31). The number of benzene rings is 2. The van der Waals surface area contributed by atoms with Gasteiger partial charge in [0.05, 0.1) is 15.7 Å². The van der Waals surface area contributed by atoms with Gasteiger partial charge in [0, 0.05) is 50.3 Å². The van der Waals surface area contributed by atoms with Crippen LogP contribution < -0.4 is 20.0 Å². The smallest absolute Gasteiger partial charge is 0.407 e. The van der Waals surface area contributed by atoms with Gasteiger partial charge < -0.3 is 25.1 Å². The zero-order chi connectivity index (χ0) is 26.4. The number of nitrogens with one attached hydrogen (secondary N) is 1. The second kappa shape index (κ2) is 9.85. The first-order valence-corrected chi connectivity index (χ1v) is 13.2. The average molecular weight is 554 g/mol. The van der Waals surface area contributed by atoms with Gasteiger partial charge in [-0.15, -0.1) is 0 Å². The molecule has 2 aromatic carbocycles. The van der Waals surface area contributed by atoms with Gasteiger partial charge in [0.15, 0.2) is 0 Å². The van der Waals surface area contributed by atoms with Crippen molar-refractivity contribution in [1.29, 1.82) is 0 Å². The Morgan fingerprint density at radius 2 is 1.71 bits per heavy atom. The molecule has 0 radical (unpaired) electrons. The van der Waals surface area contributed by atoms with Crippen LogP contribution in [-0.4, -0.2) is 70.9 Å². The van der Waals surface area contributed by atoms with Gasteiger partial charge >= 0.3 is 6.09 Å². The van der Waals surface area contributed by atoms with Gasteiger partial charge in [0.1, 0.15) is 17.5 Å². The Kier molecular flexibility index (Phi) is 6.37. The molecule has 2 amide bonds. The van der Waals surface area contributed by atoms with Crippen LogP contribution in [0.3, 0.4) is 0 Å². The van der Waals surface area contributed by atoms with E-state index in [4.69, 9.17) is 33.3 Å². The number of nitrogens with zero attached hydrogens (tertiary/aromatic N) is 6. The summed E-state index contributed by atoms with van der Waals surface area (Å²) in [5, 5.41) is 13.2. The maximum Gasteiger partial charge on any atom is 0.407 e. The molecule has 2 N–H and O–H groups in total. The molecule has 2 saturated heterocycles. The highest BCUT2D eigenvalue weighted by molar-refractivity contribution is 6.40. The molecule has 2 fully saturated rings. The van der Waals surface area contributed by atoms with E-state index in [0.29, 0.717) is 59.2 Å². The van der Waals surface area contributed by atoms with Gasteiger partial charge in [-0.1, -0.05) is 29.3 Å². The van der Waals surface area contributed by atoms with Crippen LogP contribution in [0.25, 0.3) is 0 Å². The molecule has 38 heavy (non-hydrogen) atoms. The first kappa shape index (κ1) is 24.6. The Morgan fingerprint density at radius 1 is 1.00 bits per heavy atom. The number of para-hydroxylation sites is 1. The van der Waals surface area contributed by atoms with Gasteiger partial charge in [-0.3, -0.25) is 9.69 Å². The van der Waals surface area contributed by atoms with E-state index in [1.807, 2.05) is 24.3 Å². The predicted molar refractivity (Wildman–Crippen MR) is 147 cm³/mol. The predicted octanol–water partition coefficient (Wildman–Crippen LogP) is 4.91. The molecule has 12 heteroatoms. The van der Waals surface area contributed by atoms with E-state index in [0.717, 1.165) is 30.8 Å². The molecule has 0 bridgehead atoms. The van der Waals surface area contributed by atoms with Crippen LogP contribution in [0.5, 0.6) is 0 Å². The molecular weight excluding hydrogens is 529 g/mol. The Bertz CT molecular complexity index is 1380. The average Bonchev–Trinajstić information content (AvgIpc) is 3.41. The quantitative estimate of drug-likeness (QED) is 0.469. The lowest BCUT2D eigenvalue weighted by atomic mass is 10.1. The Hall–Kier alpha value is -3.76. The second-order valence-corrected chi connectivity index (χ2v) is 10.2. The molecule has 1 unspecified atom stereocenters. The number of anilines is 5. The maximum absolute atomic E-state index is 13.6. The van der Waals surface area contributed by atoms with Crippen molar-refractivity contribution in [3.05, 3.63) is 64.3 Å². The first-order valence-electron chi connectivity index (χ1n) is 12.4. The highest BCUT2D eigenvalue weighted by Crippen LogP contribution is 2.43. The van der Waals surface area contributed by atoms with Gasteiger partial charge in [0.25, 0.3) is 5.91 Å². The van der Waals surface area contributed by atoms with Crippen LogP contribution >= 0.6 is 23.2 Å². The molecule has 3 aromatic rings. The minimum atomic E-state index is -0.878. The van der Waals surface area contributed by atoms with Crippen molar-refractivity contribution < 1.29 is 14.7 Å². The minimum Gasteiger partial charge on any atom is -0.465 e. The monoisotopic (exact) mass is 553 g/mol. The summed E-state index contributed by atoms with van der Waals surface area (Å²) in [6, 6.07) is 13.1. The van der Waals surface area contributed by atoms with E-state index in [2.05, 4.69) is 20.1 Å². The SMILES string of the molecule is O=C(O)N1CCN(c2ccc(Nc3ncc4c(n3)N3CCCC3N(c3c(Cl)cccc3Cl)C4=O)cc2)CC1. The van der Waals surface area contributed by atoms with Crippen LogP contribution in [0, 0.1) is 0 Å². The Morgan fingerprint density at radius 3 is 2.39 bits per heavy atom. The fraction of sp³-hybridized carbons (Fsp3) is 0.308. The molecule has 196 valence electrons. The number of carboxylic acid groups (broad SMARTS) is 1. The number of piperazine rings is 1. The molecular formula is C26H25Cl2N7O3. The number of amides is 2. The van der Waals surface area contributed by atoms with Crippen molar-refractivity contribution in [2.45, 2.75) is 19.0 Å². The summed E-state index contributed by atoms with van der Waals surface area (Å²) >= 11 is 12.9. The van der Waals surface area contributed by atoms with Gasteiger partial charge in [-0.05, 0) is 49.2 Å². The van der Waals surface area contributed by atoms with E-state index in [1.54, 1.807) is 29.3 Å². The third-order valence-corrected chi connectivity index (χ3v) is 7.84. The summed E-state index contributed by atoms with van der Waals surface area (Å²) in [5.41, 5.74) is 2.74. The third kappa shape index (κ3) is 4.33. The van der Waals surface area contributed by atoms with Crippen LogP contribution in [-0.2, 0) is 0 Å². The van der Waals surface area contributed by atoms with Crippen molar-refractivity contribution >= 4 is 64.0 Å². The zero-order valence-corrected chi connectivity index (χ0v) is 21.9. The van der Waals surface area contributed by atoms with Crippen LogP contribution in [0.2, 0.25) is 10.0 Å². The Balaban J connectivity index is 1.22. The molecule has 1 atom stereocenters. The number of carbonyl (C=O) groups is 2. The summed E-state index contributed by atoms with van der Waals surface area (Å²) in [6.07, 6.45) is 2.13. The lowest BCUT2D eigenvalue weighted by molar-refractivity contribution is 0.0970. The summed E-state index contributed by atoms with van der Waals surface area (Å²) in [6.45, 7) is 3.01. The van der Waals surface area contributed by atoms with Gasteiger partial charge in [-0.2, -0.15) is 4.98 Å². The number of hydrogen-bond acceptors (Lipinski definition) is 7. The van der Waals surface area contributed by atoms with Crippen molar-refractivity contribution in [2.24, 2.45) is 0 Å². The van der Waals surface area contributed by atoms with E-state index >= 15 is 0 Å². The number of hydrogen-bond donors (Lipinski definition) is 2. The molecule has 0 spiro atoms. The summed E-state index contributed by atoms with van der Waals surface area (Å²) in [7, 11) is 0. The van der Waals surface area contributed by atoms with Gasteiger partial charge in [0.2, 0.25) is 5.95 Å². The molecule has 0 saturated carbocycles. The van der Waals surface area contributed by atoms with E-state index in [1.165, 1.54) is 4.90 Å². The normalized spacial score (nSPS) is 18.9. The summed E-state index contributed by atoms with van der Waals surface area (Å²) in [5.74, 6) is 0.772. The number of rotatable bonds is 4. The fourth-order valence-corrected chi connectivity index (χ4v) is 5.92. The number of aromatic nitrogens is 2. The molecule has 3 aliphatic heterocycles. The van der Waals surface area contributed by atoms with Crippen molar-refractivity contribution in [3.63, 3.8) is 0 Å². The molecule has 10 nitrogen and oxygen atoms in total. The van der Waals surface area contributed by atoms with Gasteiger partial charge in [-0.25, -0.2) is 9.78 Å². The zero-order valence-electron chi connectivity index (χ0n) is 20.3. The second-order valence-electron chi connectivity index (χ2n) is 9.42. The highest BCUT2D eigenvalue weighted by Gasteiger charge is 2.43. The van der Waals surface area contributed by atoms with Crippen molar-refractivity contribution in [2.75, 3.05) is 52.7 Å². The van der Waals surface area contributed by atoms with Crippen molar-refractivity contribution in [3.8, 4) is 0 Å². The van der Waals surface area contributed by atoms with Crippen LogP contribution in [0.1, 0.15) is 23.2 Å². The molecule has 6 rings (SSSR count). The third-order valence-electron chi connectivity index (χ3n) is 7.23. The summed E-state index contributed by atoms with van der Waals surface area (Å²) in [4.78, 5) is 41.3. The van der Waals surface area contributed by atoms with Crippen molar-refractivity contribution in [1.82, 2.24) is 14.9 Å². The van der Waals surface area contributed by atoms with Crippen LogP contribution in [0.15, 0.2) is 48.7 Å². The highest BCUT2D eigenvalue weighted by atomic mass is 35.5. The minimum absolute atomic E-state index is 0.225. The molecule has 3 aliphatic rings. The number of halogens is 2. The van der Waals surface area contributed by atoms with E-state index in [-0.39, 0.29) is 12.1 Å². The maximum atomic E-state index is 13.6. The van der Waals surface area contributed by atoms with E-state index in [9.17, 15) is 9.59 Å². The summed E-state index contributed by atoms with van der Waals surface area (Å²) < 4.78 is 0. The fourth-order valence-electron chi connectivity index (χ4n) is 5.34. The number of carbonyl (C=O) groups excluding carboxylic acids is 1. The lowest BCUT2D eigenvalue weighted by Gasteiger charge is -2.41. The topological polar surface area (TPSA) is 105 Å². The number of fused-ring (bicyclic) bond motifs is 3. The first-order chi connectivity index (χ1) is 18.4. The molecule has 4 heterocycles. The largest absolute Gasteiger partial charge is 0.465 e. The van der Waals surface area contributed by atoms with Crippen LogP contribution in [0.4, 0.5) is 33.6 Å². The molecule has 1 aromatic heterocycles. The van der Waals surface area contributed by atoms with E-state index < -0.39 is 6.09 Å². The Labute approximate surface area is 229 Å². The molecule has 0 aliphatic carbocycles.